The van der Waals surface area contributed by atoms with Gasteiger partial charge >= 0.3 is 0 Å². The summed E-state index contributed by atoms with van der Waals surface area (Å²) in [4.78, 5) is 11.2. The number of benzene rings is 2. The SMILES string of the molecule is CCOc1cc(/C=C(\C#N)C(N)=O)cc(Br)c1OCc1ccc(Br)cc1. The summed E-state index contributed by atoms with van der Waals surface area (Å²) in [6.45, 7) is 2.67. The van der Waals surface area contributed by atoms with Gasteiger partial charge in [-0.3, -0.25) is 4.79 Å². The number of nitrogens with two attached hydrogens (primary N) is 1. The molecule has 0 bridgehead atoms. The van der Waals surface area contributed by atoms with Crippen molar-refractivity contribution in [1.29, 1.82) is 5.26 Å². The third kappa shape index (κ3) is 5.35. The Labute approximate surface area is 168 Å². The quantitative estimate of drug-likeness (QED) is 0.465. The molecule has 0 heterocycles. The lowest BCUT2D eigenvalue weighted by molar-refractivity contribution is -0.114. The van der Waals surface area contributed by atoms with Crippen LogP contribution in [-0.2, 0) is 11.4 Å². The molecule has 0 aliphatic carbocycles. The normalized spacial score (nSPS) is 10.9. The zero-order valence-electron chi connectivity index (χ0n) is 14.0. The highest BCUT2D eigenvalue weighted by atomic mass is 79.9. The largest absolute Gasteiger partial charge is 0.490 e. The summed E-state index contributed by atoms with van der Waals surface area (Å²) in [5, 5.41) is 8.99. The van der Waals surface area contributed by atoms with Gasteiger partial charge in [-0.05, 0) is 64.3 Å². The van der Waals surface area contributed by atoms with Gasteiger partial charge in [-0.1, -0.05) is 28.1 Å². The van der Waals surface area contributed by atoms with Crippen molar-refractivity contribution in [2.45, 2.75) is 13.5 Å². The Morgan fingerprint density at radius 2 is 1.92 bits per heavy atom. The van der Waals surface area contributed by atoms with Crippen molar-refractivity contribution in [1.82, 2.24) is 0 Å². The van der Waals surface area contributed by atoms with E-state index < -0.39 is 5.91 Å². The highest BCUT2D eigenvalue weighted by molar-refractivity contribution is 9.10. The smallest absolute Gasteiger partial charge is 0.259 e. The van der Waals surface area contributed by atoms with Crippen LogP contribution in [0.15, 0.2) is 50.9 Å². The van der Waals surface area contributed by atoms with Crippen molar-refractivity contribution in [2.24, 2.45) is 5.73 Å². The van der Waals surface area contributed by atoms with E-state index in [-0.39, 0.29) is 5.57 Å². The van der Waals surface area contributed by atoms with Gasteiger partial charge in [0.2, 0.25) is 0 Å². The highest BCUT2D eigenvalue weighted by Gasteiger charge is 2.13. The number of rotatable bonds is 7. The Bertz CT molecular complexity index is 872. The molecule has 26 heavy (non-hydrogen) atoms. The molecule has 0 aliphatic heterocycles. The van der Waals surface area contributed by atoms with Crippen LogP contribution in [0.3, 0.4) is 0 Å². The molecule has 1 amide bonds. The number of ether oxygens (including phenoxy) is 2. The average Bonchev–Trinajstić information content (AvgIpc) is 2.60. The minimum absolute atomic E-state index is 0.136. The number of amides is 1. The molecule has 7 heteroatoms. The molecule has 0 atom stereocenters. The number of nitrogens with zero attached hydrogens (tertiary/aromatic N) is 1. The van der Waals surface area contributed by atoms with Crippen molar-refractivity contribution in [3.8, 4) is 17.6 Å². The second-order valence-electron chi connectivity index (χ2n) is 5.21. The van der Waals surface area contributed by atoms with Crippen molar-refractivity contribution >= 4 is 43.8 Å². The van der Waals surface area contributed by atoms with E-state index >= 15 is 0 Å². The number of primary amides is 1. The van der Waals surface area contributed by atoms with Gasteiger partial charge in [0.25, 0.3) is 5.91 Å². The van der Waals surface area contributed by atoms with Crippen LogP contribution in [0.1, 0.15) is 18.1 Å². The maximum absolute atomic E-state index is 11.2. The third-order valence-corrected chi connectivity index (χ3v) is 4.44. The van der Waals surface area contributed by atoms with Crippen LogP contribution >= 0.6 is 31.9 Å². The number of hydrogen-bond acceptors (Lipinski definition) is 4. The predicted molar refractivity (Wildman–Crippen MR) is 107 cm³/mol. The third-order valence-electron chi connectivity index (χ3n) is 3.33. The van der Waals surface area contributed by atoms with Gasteiger partial charge in [-0.25, -0.2) is 0 Å². The molecule has 0 fully saturated rings. The monoisotopic (exact) mass is 478 g/mol. The Hall–Kier alpha value is -2.30. The van der Waals surface area contributed by atoms with Crippen LogP contribution in [0.2, 0.25) is 0 Å². The molecule has 0 radical (unpaired) electrons. The first kappa shape index (κ1) is 20.0. The van der Waals surface area contributed by atoms with Crippen LogP contribution in [0, 0.1) is 11.3 Å². The van der Waals surface area contributed by atoms with Crippen molar-refractivity contribution < 1.29 is 14.3 Å². The van der Waals surface area contributed by atoms with E-state index in [2.05, 4.69) is 31.9 Å². The fourth-order valence-electron chi connectivity index (χ4n) is 2.14. The Kier molecular flexibility index (Phi) is 7.25. The summed E-state index contributed by atoms with van der Waals surface area (Å²) in [6.07, 6.45) is 1.41. The summed E-state index contributed by atoms with van der Waals surface area (Å²) in [5.74, 6) is 0.272. The molecule has 0 spiro atoms. The molecule has 2 rings (SSSR count). The number of nitriles is 1. The fraction of sp³-hybridized carbons (Fsp3) is 0.158. The van der Waals surface area contributed by atoms with E-state index in [9.17, 15) is 4.79 Å². The van der Waals surface area contributed by atoms with Crippen molar-refractivity contribution in [3.63, 3.8) is 0 Å². The average molecular weight is 480 g/mol. The summed E-state index contributed by atoms with van der Waals surface area (Å²) < 4.78 is 13.2. The lowest BCUT2D eigenvalue weighted by Crippen LogP contribution is -2.12. The lowest BCUT2D eigenvalue weighted by Gasteiger charge is -2.15. The van der Waals surface area contributed by atoms with Gasteiger partial charge in [0.1, 0.15) is 18.2 Å². The van der Waals surface area contributed by atoms with E-state index in [0.717, 1.165) is 10.0 Å². The minimum Gasteiger partial charge on any atom is -0.490 e. The molecule has 2 aromatic rings. The molecule has 0 aromatic heterocycles. The van der Waals surface area contributed by atoms with Crippen LogP contribution in [0.25, 0.3) is 6.08 Å². The lowest BCUT2D eigenvalue weighted by atomic mass is 10.1. The number of carbonyl (C=O) groups is 1. The van der Waals surface area contributed by atoms with E-state index in [4.69, 9.17) is 20.5 Å². The topological polar surface area (TPSA) is 85.3 Å². The van der Waals surface area contributed by atoms with Gasteiger partial charge in [0.05, 0.1) is 11.1 Å². The summed E-state index contributed by atoms with van der Waals surface area (Å²) in [7, 11) is 0. The first-order chi connectivity index (χ1) is 12.4. The van der Waals surface area contributed by atoms with Gasteiger partial charge in [0, 0.05) is 4.47 Å². The van der Waals surface area contributed by atoms with Crippen molar-refractivity contribution in [3.05, 3.63) is 62.0 Å². The number of halogens is 2. The molecule has 2 aromatic carbocycles. The van der Waals surface area contributed by atoms with Gasteiger partial charge in [-0.15, -0.1) is 0 Å². The maximum Gasteiger partial charge on any atom is 0.259 e. The second kappa shape index (κ2) is 9.41. The standard InChI is InChI=1S/C19H16Br2N2O3/c1-2-25-17-9-13(7-14(10-22)19(23)24)8-16(21)18(17)26-11-12-3-5-15(20)6-4-12/h3-9H,2,11H2,1H3,(H2,23,24)/b14-7+. The molecular formula is C19H16Br2N2O3. The second-order valence-corrected chi connectivity index (χ2v) is 6.98. The van der Waals surface area contributed by atoms with E-state index in [1.54, 1.807) is 18.2 Å². The molecule has 0 aliphatic rings. The van der Waals surface area contributed by atoms with E-state index in [1.807, 2.05) is 31.2 Å². The van der Waals surface area contributed by atoms with Crippen LogP contribution in [0.5, 0.6) is 11.5 Å². The first-order valence-corrected chi connectivity index (χ1v) is 9.28. The molecule has 5 nitrogen and oxygen atoms in total. The zero-order valence-corrected chi connectivity index (χ0v) is 17.1. The fourth-order valence-corrected chi connectivity index (χ4v) is 2.97. The zero-order chi connectivity index (χ0) is 19.1. The first-order valence-electron chi connectivity index (χ1n) is 7.69. The Balaban J connectivity index is 2.32. The minimum atomic E-state index is -0.780. The number of hydrogen-bond donors (Lipinski definition) is 1. The molecular weight excluding hydrogens is 464 g/mol. The molecule has 0 saturated carbocycles. The summed E-state index contributed by atoms with van der Waals surface area (Å²) in [5.41, 5.74) is 6.66. The molecule has 0 saturated heterocycles. The van der Waals surface area contributed by atoms with Crippen LogP contribution in [-0.4, -0.2) is 12.5 Å². The summed E-state index contributed by atoms with van der Waals surface area (Å²) >= 11 is 6.86. The highest BCUT2D eigenvalue weighted by Crippen LogP contribution is 2.38. The predicted octanol–water partition coefficient (Wildman–Crippen LogP) is 4.58. The van der Waals surface area contributed by atoms with E-state index in [1.165, 1.54) is 6.08 Å². The number of carbonyl (C=O) groups excluding carboxylic acids is 1. The van der Waals surface area contributed by atoms with E-state index in [0.29, 0.717) is 34.7 Å². The van der Waals surface area contributed by atoms with Crippen LogP contribution < -0.4 is 15.2 Å². The maximum atomic E-state index is 11.2. The van der Waals surface area contributed by atoms with Crippen molar-refractivity contribution in [2.75, 3.05) is 6.61 Å². The molecule has 0 unspecified atom stereocenters. The van der Waals surface area contributed by atoms with Gasteiger partial charge in [-0.2, -0.15) is 5.26 Å². The summed E-state index contributed by atoms with van der Waals surface area (Å²) in [6, 6.07) is 13.0. The molecule has 2 N–H and O–H groups in total. The Morgan fingerprint density at radius 1 is 1.23 bits per heavy atom. The Morgan fingerprint density at radius 3 is 2.50 bits per heavy atom. The molecule has 134 valence electrons. The van der Waals surface area contributed by atoms with Gasteiger partial charge in [0.15, 0.2) is 11.5 Å². The van der Waals surface area contributed by atoms with Crippen LogP contribution in [0.4, 0.5) is 0 Å². The van der Waals surface area contributed by atoms with Gasteiger partial charge < -0.3 is 15.2 Å².